The highest BCUT2D eigenvalue weighted by molar-refractivity contribution is 7.26. The molecule has 0 amide bonds. The lowest BCUT2D eigenvalue weighted by Crippen LogP contribution is -2.01. The highest BCUT2D eigenvalue weighted by Crippen LogP contribution is 2.44. The lowest BCUT2D eigenvalue weighted by Gasteiger charge is -2.14. The van der Waals surface area contributed by atoms with Gasteiger partial charge in [0, 0.05) is 36.9 Å². The monoisotopic (exact) mass is 795 g/mol. The summed E-state index contributed by atoms with van der Waals surface area (Å²) in [5.41, 5.74) is 14.1. The Morgan fingerprint density at radius 3 is 1.07 bits per heavy atom. The zero-order valence-electron chi connectivity index (χ0n) is 33.1. The van der Waals surface area contributed by atoms with Crippen molar-refractivity contribution in [1.29, 1.82) is 0 Å². The molecule has 61 heavy (non-hydrogen) atoms. The van der Waals surface area contributed by atoms with Crippen LogP contribution >= 0.6 is 11.3 Å². The molecule has 0 atom stereocenters. The van der Waals surface area contributed by atoms with E-state index in [1.54, 1.807) is 11.3 Å². The highest BCUT2D eigenvalue weighted by Gasteiger charge is 2.20. The van der Waals surface area contributed by atoms with Crippen LogP contribution < -0.4 is 0 Å². The van der Waals surface area contributed by atoms with Gasteiger partial charge >= 0.3 is 0 Å². The minimum atomic E-state index is 0.615. The fourth-order valence-electron chi connectivity index (χ4n) is 8.34. The van der Waals surface area contributed by atoms with Gasteiger partial charge in [0.15, 0.2) is 17.5 Å². The smallest absolute Gasteiger partial charge is 0.165 e. The van der Waals surface area contributed by atoms with Crippen LogP contribution in [0, 0.1) is 0 Å². The fourth-order valence-corrected chi connectivity index (χ4v) is 9.58. The summed E-state index contributed by atoms with van der Waals surface area (Å²) < 4.78 is 2.37. The Bertz CT molecular complexity index is 3070. The Hall–Kier alpha value is -7.79. The van der Waals surface area contributed by atoms with Crippen LogP contribution in [-0.2, 0) is 0 Å². The minimum absolute atomic E-state index is 0.615. The third-order valence-corrected chi connectivity index (χ3v) is 12.5. The second-order valence-electron chi connectivity index (χ2n) is 15.2. The number of nitrogens with zero attached hydrogens (tertiary/aromatic N) is 3. The predicted molar refractivity (Wildman–Crippen MR) is 256 cm³/mol. The third-order valence-electron chi connectivity index (χ3n) is 11.3. The van der Waals surface area contributed by atoms with E-state index in [9.17, 15) is 0 Å². The number of hydrogen-bond acceptors (Lipinski definition) is 4. The molecule has 9 aromatic carbocycles. The number of benzene rings is 9. The molecule has 0 aliphatic carbocycles. The van der Waals surface area contributed by atoms with Crippen molar-refractivity contribution in [1.82, 2.24) is 15.0 Å². The molecule has 2 heterocycles. The van der Waals surface area contributed by atoms with Crippen LogP contribution in [0.5, 0.6) is 0 Å². The summed E-state index contributed by atoms with van der Waals surface area (Å²) in [6.45, 7) is 0. The Morgan fingerprint density at radius 2 is 0.623 bits per heavy atom. The van der Waals surface area contributed by atoms with Crippen LogP contribution in [0.25, 0.3) is 110 Å². The van der Waals surface area contributed by atoms with Crippen LogP contribution in [-0.4, -0.2) is 15.0 Å². The van der Waals surface area contributed by atoms with Crippen molar-refractivity contribution >= 4 is 31.5 Å². The molecule has 11 aromatic rings. The summed E-state index contributed by atoms with van der Waals surface area (Å²) in [4.78, 5) is 16.2. The molecular formula is C57H37N3S. The minimum Gasteiger partial charge on any atom is -0.208 e. The van der Waals surface area contributed by atoms with Gasteiger partial charge in [-0.3, -0.25) is 0 Å². The molecule has 0 spiro atoms. The predicted octanol–water partition coefficient (Wildman–Crippen LogP) is 15.6. The van der Waals surface area contributed by atoms with E-state index in [-0.39, 0.29) is 0 Å². The van der Waals surface area contributed by atoms with E-state index in [1.807, 2.05) is 0 Å². The third kappa shape index (κ3) is 7.09. The molecule has 286 valence electrons. The van der Waals surface area contributed by atoms with E-state index in [2.05, 4.69) is 224 Å². The Balaban J connectivity index is 1.18. The maximum atomic E-state index is 5.42. The zero-order chi connectivity index (χ0) is 40.5. The summed E-state index contributed by atoms with van der Waals surface area (Å²) >= 11 is 1.79. The van der Waals surface area contributed by atoms with Crippen LogP contribution in [0.2, 0.25) is 0 Å². The van der Waals surface area contributed by atoms with Crippen LogP contribution in [0.3, 0.4) is 0 Å². The Morgan fingerprint density at radius 1 is 0.262 bits per heavy atom. The van der Waals surface area contributed by atoms with Crippen LogP contribution in [0.1, 0.15) is 0 Å². The maximum absolute atomic E-state index is 5.42. The van der Waals surface area contributed by atoms with E-state index in [1.165, 1.54) is 26.6 Å². The van der Waals surface area contributed by atoms with Gasteiger partial charge in [0.25, 0.3) is 0 Å². The van der Waals surface area contributed by atoms with Crippen molar-refractivity contribution in [2.24, 2.45) is 0 Å². The average molecular weight is 796 g/mol. The zero-order valence-corrected chi connectivity index (χ0v) is 33.9. The molecule has 0 fully saturated rings. The first kappa shape index (κ1) is 36.3. The summed E-state index contributed by atoms with van der Waals surface area (Å²) in [6.07, 6.45) is 0. The SMILES string of the molecule is c1ccc(-c2cc(-c3ccccc3)cc(-c3nc(-c4cc(-c5ccccc5)cc(-c5ccccc5)c4)nc(-c4cccc5c4sc4cccc(-c6ccccc6)c45)n3)c2)cc1. The molecule has 0 saturated heterocycles. The molecule has 0 unspecified atom stereocenters. The van der Waals surface area contributed by atoms with Crippen molar-refractivity contribution in [3.8, 4) is 89.8 Å². The van der Waals surface area contributed by atoms with Crippen molar-refractivity contribution in [2.75, 3.05) is 0 Å². The molecule has 0 bridgehead atoms. The Kier molecular flexibility index (Phi) is 9.38. The van der Waals surface area contributed by atoms with Crippen molar-refractivity contribution < 1.29 is 0 Å². The summed E-state index contributed by atoms with van der Waals surface area (Å²) in [6, 6.07) is 79.3. The number of hydrogen-bond donors (Lipinski definition) is 0. The molecule has 0 saturated carbocycles. The second kappa shape index (κ2) is 15.8. The van der Waals surface area contributed by atoms with E-state index >= 15 is 0 Å². The number of thiophene rings is 1. The highest BCUT2D eigenvalue weighted by atomic mass is 32.1. The lowest BCUT2D eigenvalue weighted by molar-refractivity contribution is 1.08. The van der Waals surface area contributed by atoms with Gasteiger partial charge in [0.05, 0.1) is 0 Å². The first-order chi connectivity index (χ1) is 30.2. The van der Waals surface area contributed by atoms with E-state index < -0.39 is 0 Å². The number of fused-ring (bicyclic) bond motifs is 3. The molecule has 0 N–H and O–H groups in total. The van der Waals surface area contributed by atoms with Gasteiger partial charge in [-0.15, -0.1) is 11.3 Å². The van der Waals surface area contributed by atoms with Crippen molar-refractivity contribution in [3.63, 3.8) is 0 Å². The largest absolute Gasteiger partial charge is 0.208 e. The van der Waals surface area contributed by atoms with Crippen molar-refractivity contribution in [2.45, 2.75) is 0 Å². The number of aromatic nitrogens is 3. The normalized spacial score (nSPS) is 11.3. The van der Waals surface area contributed by atoms with Crippen molar-refractivity contribution in [3.05, 3.63) is 224 Å². The van der Waals surface area contributed by atoms with Gasteiger partial charge in [-0.05, 0) is 104 Å². The Labute approximate surface area is 359 Å². The van der Waals surface area contributed by atoms with Gasteiger partial charge in [0.2, 0.25) is 0 Å². The van der Waals surface area contributed by atoms with Gasteiger partial charge in [-0.2, -0.15) is 0 Å². The van der Waals surface area contributed by atoms with E-state index in [4.69, 9.17) is 15.0 Å². The van der Waals surface area contributed by atoms with Gasteiger partial charge < -0.3 is 0 Å². The number of rotatable bonds is 8. The first-order valence-corrected chi connectivity index (χ1v) is 21.3. The molecule has 0 aliphatic rings. The van der Waals surface area contributed by atoms with E-state index in [0.717, 1.165) is 65.9 Å². The summed E-state index contributed by atoms with van der Waals surface area (Å²) in [5.74, 6) is 1.87. The fraction of sp³-hybridized carbons (Fsp3) is 0. The lowest BCUT2D eigenvalue weighted by atomic mass is 9.95. The molecule has 2 aromatic heterocycles. The van der Waals surface area contributed by atoms with E-state index in [0.29, 0.717) is 17.5 Å². The quantitative estimate of drug-likeness (QED) is 0.154. The molecule has 3 nitrogen and oxygen atoms in total. The maximum Gasteiger partial charge on any atom is 0.165 e. The molecule has 11 rings (SSSR count). The molecule has 0 radical (unpaired) electrons. The topological polar surface area (TPSA) is 38.7 Å². The van der Waals surface area contributed by atoms with Gasteiger partial charge in [-0.25, -0.2) is 15.0 Å². The van der Waals surface area contributed by atoms with Crippen LogP contribution in [0.15, 0.2) is 224 Å². The van der Waals surface area contributed by atoms with Gasteiger partial charge in [-0.1, -0.05) is 176 Å². The molecule has 4 heteroatoms. The van der Waals surface area contributed by atoms with Gasteiger partial charge in [0.1, 0.15) is 0 Å². The standard InChI is InChI=1S/C57H37N3S/c1-6-18-38(19-7-1)43-32-44(39-20-8-2-9-21-39)35-47(34-43)55-58-56(48-36-45(40-22-10-3-11-23-40)33-46(37-48)41-24-12-4-13-25-41)60-57(59-55)51-30-16-29-50-53-49(42-26-14-5-15-27-42)28-17-31-52(53)61-54(50)51/h1-37H. The molecule has 0 aliphatic heterocycles. The summed E-state index contributed by atoms with van der Waals surface area (Å²) in [7, 11) is 0. The first-order valence-electron chi connectivity index (χ1n) is 20.5. The summed E-state index contributed by atoms with van der Waals surface area (Å²) in [5, 5.41) is 2.44. The molecular weight excluding hydrogens is 759 g/mol. The van der Waals surface area contributed by atoms with Crippen LogP contribution in [0.4, 0.5) is 0 Å². The second-order valence-corrected chi connectivity index (χ2v) is 16.2. The average Bonchev–Trinajstić information content (AvgIpc) is 3.74.